The van der Waals surface area contributed by atoms with Crippen molar-refractivity contribution >= 4 is 0 Å². The smallest absolute Gasteiger partial charge is 0.0289 e. The van der Waals surface area contributed by atoms with Crippen LogP contribution in [0.1, 0.15) is 34.1 Å². The van der Waals surface area contributed by atoms with E-state index in [1.54, 1.807) is 0 Å². The third kappa shape index (κ3) is 5.48. The second kappa shape index (κ2) is 8.34. The summed E-state index contributed by atoms with van der Waals surface area (Å²) in [7, 11) is 1.88. The van der Waals surface area contributed by atoms with E-state index in [9.17, 15) is 0 Å². The maximum atomic E-state index is 5.47. The zero-order valence-electron chi connectivity index (χ0n) is 7.78. The highest BCUT2D eigenvalue weighted by Gasteiger charge is 1.89. The first kappa shape index (κ1) is 12.1. The molecule has 0 aliphatic rings. The van der Waals surface area contributed by atoms with Crippen LogP contribution in [0.2, 0.25) is 0 Å². The SMILES string of the molecule is CC.CC/C(NC)=C(\C)N. The van der Waals surface area contributed by atoms with Crippen molar-refractivity contribution in [3.8, 4) is 0 Å². The second-order valence-electron chi connectivity index (χ2n) is 1.77. The molecule has 0 heterocycles. The lowest BCUT2D eigenvalue weighted by molar-refractivity contribution is 0.868. The summed E-state index contributed by atoms with van der Waals surface area (Å²) in [6, 6.07) is 0. The largest absolute Gasteiger partial charge is 0.401 e. The summed E-state index contributed by atoms with van der Waals surface area (Å²) >= 11 is 0. The van der Waals surface area contributed by atoms with E-state index in [1.807, 2.05) is 27.8 Å². The van der Waals surface area contributed by atoms with Gasteiger partial charge in [-0.3, -0.25) is 0 Å². The van der Waals surface area contributed by atoms with Crippen LogP contribution in [0.5, 0.6) is 0 Å². The zero-order valence-corrected chi connectivity index (χ0v) is 7.78. The number of nitrogens with one attached hydrogen (secondary N) is 1. The summed E-state index contributed by atoms with van der Waals surface area (Å²) in [5, 5.41) is 3.01. The highest BCUT2D eigenvalue weighted by molar-refractivity contribution is 5.04. The van der Waals surface area contributed by atoms with Crippen molar-refractivity contribution in [2.24, 2.45) is 5.73 Å². The van der Waals surface area contributed by atoms with Crippen molar-refractivity contribution in [2.45, 2.75) is 34.1 Å². The molecule has 0 atom stereocenters. The third-order valence-corrected chi connectivity index (χ3v) is 1.13. The van der Waals surface area contributed by atoms with Crippen LogP contribution in [0.3, 0.4) is 0 Å². The molecule has 0 bridgehead atoms. The van der Waals surface area contributed by atoms with Crippen molar-refractivity contribution in [3.63, 3.8) is 0 Å². The van der Waals surface area contributed by atoms with Gasteiger partial charge in [-0.15, -0.1) is 0 Å². The molecule has 0 unspecified atom stereocenters. The van der Waals surface area contributed by atoms with E-state index in [4.69, 9.17) is 5.73 Å². The molecule has 0 aromatic rings. The summed E-state index contributed by atoms with van der Waals surface area (Å²) in [5.74, 6) is 0. The van der Waals surface area contributed by atoms with Gasteiger partial charge in [0.1, 0.15) is 0 Å². The molecule has 0 aliphatic heterocycles. The fourth-order valence-electron chi connectivity index (χ4n) is 0.653. The van der Waals surface area contributed by atoms with Crippen LogP contribution in [0.4, 0.5) is 0 Å². The Morgan fingerprint density at radius 2 is 1.80 bits per heavy atom. The van der Waals surface area contributed by atoms with E-state index in [-0.39, 0.29) is 0 Å². The number of hydrogen-bond donors (Lipinski definition) is 2. The van der Waals surface area contributed by atoms with Gasteiger partial charge in [-0.1, -0.05) is 20.8 Å². The van der Waals surface area contributed by atoms with Crippen molar-refractivity contribution in [2.75, 3.05) is 7.05 Å². The predicted molar refractivity (Wildman–Crippen MR) is 47.6 cm³/mol. The molecule has 0 saturated carbocycles. The van der Waals surface area contributed by atoms with E-state index in [0.717, 1.165) is 17.8 Å². The van der Waals surface area contributed by atoms with Gasteiger partial charge in [-0.2, -0.15) is 0 Å². The average Bonchev–Trinajstić information content (AvgIpc) is 1.94. The first-order chi connectivity index (χ1) is 4.72. The number of hydrogen-bond acceptors (Lipinski definition) is 2. The molecule has 0 radical (unpaired) electrons. The monoisotopic (exact) mass is 144 g/mol. The highest BCUT2D eigenvalue weighted by atomic mass is 14.9. The molecule has 2 nitrogen and oxygen atoms in total. The highest BCUT2D eigenvalue weighted by Crippen LogP contribution is 1.96. The molecular weight excluding hydrogens is 124 g/mol. The Morgan fingerprint density at radius 1 is 1.40 bits per heavy atom. The van der Waals surface area contributed by atoms with E-state index in [1.165, 1.54) is 0 Å². The second-order valence-corrected chi connectivity index (χ2v) is 1.77. The van der Waals surface area contributed by atoms with Crippen molar-refractivity contribution in [1.82, 2.24) is 5.32 Å². The number of allylic oxidation sites excluding steroid dienone is 2. The van der Waals surface area contributed by atoms with Gasteiger partial charge in [0, 0.05) is 18.4 Å². The number of rotatable bonds is 2. The minimum atomic E-state index is 0.884. The predicted octanol–water partition coefficient (Wildman–Crippen LogP) is 1.83. The molecule has 3 N–H and O–H groups in total. The summed E-state index contributed by atoms with van der Waals surface area (Å²) in [6.45, 7) is 7.97. The Labute approximate surface area is 64.5 Å². The molecule has 62 valence electrons. The molecule has 0 spiro atoms. The first-order valence-corrected chi connectivity index (χ1v) is 3.85. The zero-order chi connectivity index (χ0) is 8.57. The Hall–Kier alpha value is -0.660. The summed E-state index contributed by atoms with van der Waals surface area (Å²) in [6.07, 6.45) is 0.985. The summed E-state index contributed by atoms with van der Waals surface area (Å²) < 4.78 is 0. The molecule has 0 aliphatic carbocycles. The number of nitrogens with two attached hydrogens (primary N) is 1. The standard InChI is InChI=1S/C6H14N2.C2H6/c1-4-6(8-3)5(2)7;1-2/h8H,4,7H2,1-3H3;1-2H3/b6-5-;. The van der Waals surface area contributed by atoms with Crippen LogP contribution in [-0.2, 0) is 0 Å². The first-order valence-electron chi connectivity index (χ1n) is 3.85. The van der Waals surface area contributed by atoms with Gasteiger partial charge >= 0.3 is 0 Å². The molecule has 0 fully saturated rings. The van der Waals surface area contributed by atoms with Crippen molar-refractivity contribution in [3.05, 3.63) is 11.4 Å². The molecule has 10 heavy (non-hydrogen) atoms. The normalized spacial score (nSPS) is 10.9. The van der Waals surface area contributed by atoms with Gasteiger partial charge in [-0.05, 0) is 13.3 Å². The Kier molecular flexibility index (Phi) is 10.1. The maximum Gasteiger partial charge on any atom is 0.0289 e. The molecule has 0 saturated heterocycles. The Balaban J connectivity index is 0. The van der Waals surface area contributed by atoms with Gasteiger partial charge in [0.15, 0.2) is 0 Å². The van der Waals surface area contributed by atoms with Crippen LogP contribution in [0.15, 0.2) is 11.4 Å². The summed E-state index contributed by atoms with van der Waals surface area (Å²) in [5.41, 5.74) is 7.49. The van der Waals surface area contributed by atoms with Crippen LogP contribution in [0.25, 0.3) is 0 Å². The third-order valence-electron chi connectivity index (χ3n) is 1.13. The van der Waals surface area contributed by atoms with Gasteiger partial charge in [-0.25, -0.2) is 0 Å². The lowest BCUT2D eigenvalue weighted by Crippen LogP contribution is -2.10. The maximum absolute atomic E-state index is 5.47. The minimum Gasteiger partial charge on any atom is -0.401 e. The fraction of sp³-hybridized carbons (Fsp3) is 0.750. The van der Waals surface area contributed by atoms with Gasteiger partial charge in [0.25, 0.3) is 0 Å². The molecular formula is C8H20N2. The molecule has 0 amide bonds. The minimum absolute atomic E-state index is 0.884. The van der Waals surface area contributed by atoms with E-state index in [2.05, 4.69) is 12.2 Å². The molecule has 0 aromatic heterocycles. The van der Waals surface area contributed by atoms with Crippen LogP contribution in [0, 0.1) is 0 Å². The summed E-state index contributed by atoms with van der Waals surface area (Å²) in [4.78, 5) is 0. The Bertz CT molecular complexity index is 85.4. The lowest BCUT2D eigenvalue weighted by Gasteiger charge is -2.03. The van der Waals surface area contributed by atoms with E-state index >= 15 is 0 Å². The Morgan fingerprint density at radius 3 is 1.80 bits per heavy atom. The fourth-order valence-corrected chi connectivity index (χ4v) is 0.653. The van der Waals surface area contributed by atoms with Gasteiger partial charge in [0.2, 0.25) is 0 Å². The van der Waals surface area contributed by atoms with Crippen molar-refractivity contribution in [1.29, 1.82) is 0 Å². The molecule has 0 aromatic carbocycles. The van der Waals surface area contributed by atoms with E-state index < -0.39 is 0 Å². The van der Waals surface area contributed by atoms with E-state index in [0.29, 0.717) is 0 Å². The van der Waals surface area contributed by atoms with Crippen LogP contribution in [-0.4, -0.2) is 7.05 Å². The van der Waals surface area contributed by atoms with Crippen LogP contribution < -0.4 is 11.1 Å². The van der Waals surface area contributed by atoms with Gasteiger partial charge in [0.05, 0.1) is 0 Å². The molecule has 2 heteroatoms. The van der Waals surface area contributed by atoms with Gasteiger partial charge < -0.3 is 11.1 Å². The topological polar surface area (TPSA) is 38.0 Å². The van der Waals surface area contributed by atoms with Crippen LogP contribution >= 0.6 is 0 Å². The quantitative estimate of drug-likeness (QED) is 0.620. The van der Waals surface area contributed by atoms with Crippen molar-refractivity contribution < 1.29 is 0 Å². The average molecular weight is 144 g/mol. The lowest BCUT2D eigenvalue weighted by atomic mass is 10.3. The molecule has 0 rings (SSSR count).